The minimum Gasteiger partial charge on any atom is -0.497 e. The molecule has 0 heterocycles. The number of aryl methyl sites for hydroxylation is 1. The number of hydrogen-bond acceptors (Lipinski definition) is 1. The molecule has 0 saturated carbocycles. The SMILES string of the molecule is C=CCc1cc(C)c2cc(OC)ccc2c1. The molecule has 2 aromatic carbocycles. The fourth-order valence-electron chi connectivity index (χ4n) is 2.01. The van der Waals surface area contributed by atoms with Gasteiger partial charge in [-0.15, -0.1) is 6.58 Å². The normalized spacial score (nSPS) is 10.4. The first-order valence-electron chi connectivity index (χ1n) is 5.43. The summed E-state index contributed by atoms with van der Waals surface area (Å²) in [4.78, 5) is 0. The molecular formula is C15H16O. The Bertz CT molecular complexity index is 526. The van der Waals surface area contributed by atoms with E-state index < -0.39 is 0 Å². The van der Waals surface area contributed by atoms with Gasteiger partial charge in [-0.2, -0.15) is 0 Å². The molecule has 16 heavy (non-hydrogen) atoms. The van der Waals surface area contributed by atoms with Crippen molar-refractivity contribution in [1.82, 2.24) is 0 Å². The summed E-state index contributed by atoms with van der Waals surface area (Å²) in [6.07, 6.45) is 2.85. The Morgan fingerprint density at radius 1 is 1.25 bits per heavy atom. The molecule has 0 bridgehead atoms. The minimum absolute atomic E-state index is 0.909. The summed E-state index contributed by atoms with van der Waals surface area (Å²) in [6.45, 7) is 5.91. The average molecular weight is 212 g/mol. The van der Waals surface area contributed by atoms with Gasteiger partial charge in [-0.1, -0.05) is 24.3 Å². The molecule has 0 aliphatic rings. The third kappa shape index (κ3) is 1.94. The predicted molar refractivity (Wildman–Crippen MR) is 69.1 cm³/mol. The second-order valence-electron chi connectivity index (χ2n) is 3.99. The van der Waals surface area contributed by atoms with Crippen LogP contribution < -0.4 is 4.74 Å². The molecule has 0 aliphatic heterocycles. The molecule has 0 radical (unpaired) electrons. The van der Waals surface area contributed by atoms with E-state index in [1.54, 1.807) is 7.11 Å². The summed E-state index contributed by atoms with van der Waals surface area (Å²) in [5.74, 6) is 0.909. The second kappa shape index (κ2) is 4.40. The van der Waals surface area contributed by atoms with Gasteiger partial charge in [-0.25, -0.2) is 0 Å². The van der Waals surface area contributed by atoms with Gasteiger partial charge in [0.1, 0.15) is 5.75 Å². The monoisotopic (exact) mass is 212 g/mol. The third-order valence-corrected chi connectivity index (χ3v) is 2.81. The van der Waals surface area contributed by atoms with Gasteiger partial charge in [-0.3, -0.25) is 0 Å². The van der Waals surface area contributed by atoms with E-state index in [4.69, 9.17) is 4.74 Å². The van der Waals surface area contributed by atoms with E-state index in [1.165, 1.54) is 21.9 Å². The van der Waals surface area contributed by atoms with Gasteiger partial charge in [-0.05, 0) is 47.4 Å². The Morgan fingerprint density at radius 3 is 2.75 bits per heavy atom. The highest BCUT2D eigenvalue weighted by Gasteiger charge is 2.01. The van der Waals surface area contributed by atoms with Gasteiger partial charge in [0.15, 0.2) is 0 Å². The number of ether oxygens (including phenoxy) is 1. The zero-order chi connectivity index (χ0) is 11.5. The molecule has 0 N–H and O–H groups in total. The van der Waals surface area contributed by atoms with Crippen LogP contribution in [-0.4, -0.2) is 7.11 Å². The van der Waals surface area contributed by atoms with Crippen molar-refractivity contribution in [2.24, 2.45) is 0 Å². The van der Waals surface area contributed by atoms with Gasteiger partial charge in [0, 0.05) is 0 Å². The lowest BCUT2D eigenvalue weighted by atomic mass is 10.00. The van der Waals surface area contributed by atoms with Crippen LogP contribution in [0.4, 0.5) is 0 Å². The molecule has 2 rings (SSSR count). The molecular weight excluding hydrogens is 196 g/mol. The van der Waals surface area contributed by atoms with Crippen LogP contribution in [0.15, 0.2) is 43.0 Å². The largest absolute Gasteiger partial charge is 0.497 e. The number of hydrogen-bond donors (Lipinski definition) is 0. The van der Waals surface area contributed by atoms with E-state index in [1.807, 2.05) is 12.1 Å². The van der Waals surface area contributed by atoms with Crippen LogP contribution in [0.25, 0.3) is 10.8 Å². The van der Waals surface area contributed by atoms with Crippen LogP contribution >= 0.6 is 0 Å². The topological polar surface area (TPSA) is 9.23 Å². The lowest BCUT2D eigenvalue weighted by Crippen LogP contribution is -1.88. The number of allylic oxidation sites excluding steroid dienone is 1. The Morgan fingerprint density at radius 2 is 2.06 bits per heavy atom. The highest BCUT2D eigenvalue weighted by Crippen LogP contribution is 2.25. The summed E-state index contributed by atoms with van der Waals surface area (Å²) < 4.78 is 5.24. The number of fused-ring (bicyclic) bond motifs is 1. The molecule has 0 spiro atoms. The molecule has 1 heteroatoms. The van der Waals surface area contributed by atoms with Crippen molar-refractivity contribution in [2.75, 3.05) is 7.11 Å². The molecule has 1 nitrogen and oxygen atoms in total. The van der Waals surface area contributed by atoms with Crippen molar-refractivity contribution in [3.8, 4) is 5.75 Å². The number of methoxy groups -OCH3 is 1. The summed E-state index contributed by atoms with van der Waals surface area (Å²) in [5, 5.41) is 2.52. The van der Waals surface area contributed by atoms with E-state index in [2.05, 4.69) is 37.8 Å². The molecule has 2 aromatic rings. The van der Waals surface area contributed by atoms with Crippen LogP contribution in [0, 0.1) is 6.92 Å². The van der Waals surface area contributed by atoms with Gasteiger partial charge in [0.25, 0.3) is 0 Å². The third-order valence-electron chi connectivity index (χ3n) is 2.81. The van der Waals surface area contributed by atoms with Crippen LogP contribution in [-0.2, 0) is 6.42 Å². The quantitative estimate of drug-likeness (QED) is 0.701. The first kappa shape index (κ1) is 10.7. The van der Waals surface area contributed by atoms with Gasteiger partial charge in [0.05, 0.1) is 7.11 Å². The van der Waals surface area contributed by atoms with Gasteiger partial charge < -0.3 is 4.74 Å². The van der Waals surface area contributed by atoms with Crippen molar-refractivity contribution < 1.29 is 4.74 Å². The molecule has 0 aromatic heterocycles. The van der Waals surface area contributed by atoms with Crippen LogP contribution in [0.2, 0.25) is 0 Å². The first-order valence-corrected chi connectivity index (χ1v) is 5.43. The van der Waals surface area contributed by atoms with E-state index in [0.717, 1.165) is 12.2 Å². The Kier molecular flexibility index (Phi) is 2.95. The molecule has 82 valence electrons. The molecule has 0 fully saturated rings. The number of benzene rings is 2. The highest BCUT2D eigenvalue weighted by atomic mass is 16.5. The Balaban J connectivity index is 2.61. The van der Waals surface area contributed by atoms with Crippen molar-refractivity contribution in [2.45, 2.75) is 13.3 Å². The molecule has 0 atom stereocenters. The first-order chi connectivity index (χ1) is 7.74. The molecule has 0 aliphatic carbocycles. The van der Waals surface area contributed by atoms with Crippen molar-refractivity contribution in [1.29, 1.82) is 0 Å². The highest BCUT2D eigenvalue weighted by molar-refractivity contribution is 5.87. The zero-order valence-corrected chi connectivity index (χ0v) is 9.79. The van der Waals surface area contributed by atoms with E-state index >= 15 is 0 Å². The van der Waals surface area contributed by atoms with Crippen molar-refractivity contribution in [3.05, 3.63) is 54.1 Å². The Labute approximate surface area is 96.4 Å². The van der Waals surface area contributed by atoms with Gasteiger partial charge >= 0.3 is 0 Å². The van der Waals surface area contributed by atoms with E-state index in [0.29, 0.717) is 0 Å². The Hall–Kier alpha value is -1.76. The smallest absolute Gasteiger partial charge is 0.119 e. The van der Waals surface area contributed by atoms with Crippen LogP contribution in [0.1, 0.15) is 11.1 Å². The lowest BCUT2D eigenvalue weighted by molar-refractivity contribution is 0.415. The summed E-state index contributed by atoms with van der Waals surface area (Å²) in [7, 11) is 1.70. The molecule has 0 unspecified atom stereocenters. The molecule has 0 saturated heterocycles. The maximum absolute atomic E-state index is 5.24. The zero-order valence-electron chi connectivity index (χ0n) is 9.79. The van der Waals surface area contributed by atoms with Crippen molar-refractivity contribution >= 4 is 10.8 Å². The minimum atomic E-state index is 0.909. The van der Waals surface area contributed by atoms with Crippen LogP contribution in [0.3, 0.4) is 0 Å². The predicted octanol–water partition coefficient (Wildman–Crippen LogP) is 3.89. The lowest BCUT2D eigenvalue weighted by Gasteiger charge is -2.07. The fourth-order valence-corrected chi connectivity index (χ4v) is 2.01. The average Bonchev–Trinajstić information content (AvgIpc) is 2.29. The summed E-state index contributed by atoms with van der Waals surface area (Å²) in [6, 6.07) is 10.6. The van der Waals surface area contributed by atoms with Crippen LogP contribution in [0.5, 0.6) is 5.75 Å². The summed E-state index contributed by atoms with van der Waals surface area (Å²) in [5.41, 5.74) is 2.60. The van der Waals surface area contributed by atoms with E-state index in [-0.39, 0.29) is 0 Å². The standard InChI is InChI=1S/C15H16O/c1-4-5-12-8-11(2)15-10-14(16-3)7-6-13(15)9-12/h4,6-10H,1,5H2,2-3H3. The maximum Gasteiger partial charge on any atom is 0.119 e. The van der Waals surface area contributed by atoms with Crippen molar-refractivity contribution in [3.63, 3.8) is 0 Å². The second-order valence-corrected chi connectivity index (χ2v) is 3.99. The fraction of sp³-hybridized carbons (Fsp3) is 0.200. The molecule has 0 amide bonds. The summed E-state index contributed by atoms with van der Waals surface area (Å²) >= 11 is 0. The van der Waals surface area contributed by atoms with E-state index in [9.17, 15) is 0 Å². The maximum atomic E-state index is 5.24. The van der Waals surface area contributed by atoms with Gasteiger partial charge in [0.2, 0.25) is 0 Å². The number of rotatable bonds is 3.